The van der Waals surface area contributed by atoms with Crippen molar-refractivity contribution in [2.24, 2.45) is 0 Å². The van der Waals surface area contributed by atoms with Crippen molar-refractivity contribution >= 4 is 0 Å². The third-order valence-electron chi connectivity index (χ3n) is 2.46. The monoisotopic (exact) mass is 258 g/mol. The molecule has 5 nitrogen and oxygen atoms in total. The molecule has 0 saturated carbocycles. The number of aromatic nitrogens is 3. The Bertz CT molecular complexity index is 502. The van der Waals surface area contributed by atoms with Crippen LogP contribution in [0.15, 0.2) is 36.9 Å². The number of ether oxygens (including phenoxy) is 1. The average molecular weight is 258 g/mol. The number of nitrogens with zero attached hydrogens (tertiary/aromatic N) is 3. The van der Waals surface area contributed by atoms with Gasteiger partial charge in [-0.2, -0.15) is 0 Å². The molecular formula is C14H18N4O. The molecule has 0 aliphatic carbocycles. The molecule has 5 heteroatoms. The molecule has 0 fully saturated rings. The van der Waals surface area contributed by atoms with Crippen LogP contribution in [0.25, 0.3) is 0 Å². The number of hydrogen-bond donors (Lipinski definition) is 1. The standard InChI is InChI=1S/C14H18N4O/c1-11(2)19-14-12(4-3-6-17-14)8-16-9-13-5-7-15-10-18-13/h3-7,10-11,16H,8-9H2,1-2H3. The van der Waals surface area contributed by atoms with Gasteiger partial charge in [0.2, 0.25) is 5.88 Å². The molecular weight excluding hydrogens is 240 g/mol. The summed E-state index contributed by atoms with van der Waals surface area (Å²) in [5.74, 6) is 0.688. The second-order valence-electron chi connectivity index (χ2n) is 4.44. The zero-order valence-electron chi connectivity index (χ0n) is 11.2. The van der Waals surface area contributed by atoms with Crippen molar-refractivity contribution in [3.05, 3.63) is 48.2 Å². The number of pyridine rings is 1. The molecule has 0 atom stereocenters. The van der Waals surface area contributed by atoms with E-state index in [1.807, 2.05) is 32.0 Å². The Labute approximate surface area is 113 Å². The quantitative estimate of drug-likeness (QED) is 0.858. The first-order chi connectivity index (χ1) is 9.25. The first kappa shape index (κ1) is 13.4. The molecule has 0 aliphatic rings. The van der Waals surface area contributed by atoms with E-state index in [9.17, 15) is 0 Å². The fraction of sp³-hybridized carbons (Fsp3) is 0.357. The van der Waals surface area contributed by atoms with Crippen molar-refractivity contribution in [1.29, 1.82) is 0 Å². The van der Waals surface area contributed by atoms with Gasteiger partial charge in [-0.15, -0.1) is 0 Å². The van der Waals surface area contributed by atoms with Crippen LogP contribution < -0.4 is 10.1 Å². The molecule has 1 N–H and O–H groups in total. The minimum atomic E-state index is 0.121. The van der Waals surface area contributed by atoms with Gasteiger partial charge in [0.25, 0.3) is 0 Å². The van der Waals surface area contributed by atoms with Crippen LogP contribution in [-0.2, 0) is 13.1 Å². The molecule has 100 valence electrons. The first-order valence-electron chi connectivity index (χ1n) is 6.32. The lowest BCUT2D eigenvalue weighted by Gasteiger charge is -2.13. The van der Waals surface area contributed by atoms with E-state index in [1.165, 1.54) is 0 Å². The number of nitrogens with one attached hydrogen (secondary N) is 1. The number of rotatable bonds is 6. The van der Waals surface area contributed by atoms with E-state index in [0.717, 1.165) is 11.3 Å². The molecule has 2 aromatic heterocycles. The predicted molar refractivity (Wildman–Crippen MR) is 72.6 cm³/mol. The highest BCUT2D eigenvalue weighted by Gasteiger charge is 2.06. The summed E-state index contributed by atoms with van der Waals surface area (Å²) < 4.78 is 5.67. The van der Waals surface area contributed by atoms with E-state index >= 15 is 0 Å². The van der Waals surface area contributed by atoms with Crippen LogP contribution in [0.1, 0.15) is 25.1 Å². The molecule has 0 spiro atoms. The lowest BCUT2D eigenvalue weighted by atomic mass is 10.2. The largest absolute Gasteiger partial charge is 0.475 e. The normalized spacial score (nSPS) is 10.7. The molecule has 0 unspecified atom stereocenters. The highest BCUT2D eigenvalue weighted by atomic mass is 16.5. The Morgan fingerprint density at radius 1 is 1.16 bits per heavy atom. The minimum Gasteiger partial charge on any atom is -0.475 e. The van der Waals surface area contributed by atoms with Crippen LogP contribution in [-0.4, -0.2) is 21.1 Å². The smallest absolute Gasteiger partial charge is 0.218 e. The second-order valence-corrected chi connectivity index (χ2v) is 4.44. The van der Waals surface area contributed by atoms with Crippen molar-refractivity contribution in [3.63, 3.8) is 0 Å². The molecule has 0 amide bonds. The van der Waals surface area contributed by atoms with E-state index < -0.39 is 0 Å². The Kier molecular flexibility index (Phi) is 4.80. The van der Waals surface area contributed by atoms with Gasteiger partial charge < -0.3 is 10.1 Å². The summed E-state index contributed by atoms with van der Waals surface area (Å²) in [7, 11) is 0. The van der Waals surface area contributed by atoms with E-state index in [4.69, 9.17) is 4.74 Å². The lowest BCUT2D eigenvalue weighted by molar-refractivity contribution is 0.229. The van der Waals surface area contributed by atoms with Gasteiger partial charge in [0.05, 0.1) is 11.8 Å². The third kappa shape index (κ3) is 4.30. The van der Waals surface area contributed by atoms with Gasteiger partial charge in [-0.25, -0.2) is 15.0 Å². The van der Waals surface area contributed by atoms with Crippen LogP contribution >= 0.6 is 0 Å². The highest BCUT2D eigenvalue weighted by molar-refractivity contribution is 5.25. The summed E-state index contributed by atoms with van der Waals surface area (Å²) in [5, 5.41) is 3.32. The highest BCUT2D eigenvalue weighted by Crippen LogP contribution is 2.15. The van der Waals surface area contributed by atoms with Crippen LogP contribution in [0, 0.1) is 0 Å². The lowest BCUT2D eigenvalue weighted by Crippen LogP contribution is -2.16. The molecule has 19 heavy (non-hydrogen) atoms. The Hall–Kier alpha value is -2.01. The van der Waals surface area contributed by atoms with E-state index in [2.05, 4.69) is 20.3 Å². The number of hydrogen-bond acceptors (Lipinski definition) is 5. The maximum atomic E-state index is 5.67. The zero-order valence-corrected chi connectivity index (χ0v) is 11.2. The first-order valence-corrected chi connectivity index (χ1v) is 6.32. The van der Waals surface area contributed by atoms with Crippen LogP contribution in [0.2, 0.25) is 0 Å². The average Bonchev–Trinajstić information content (AvgIpc) is 2.41. The third-order valence-corrected chi connectivity index (χ3v) is 2.46. The Morgan fingerprint density at radius 2 is 2.05 bits per heavy atom. The summed E-state index contributed by atoms with van der Waals surface area (Å²) in [6.45, 7) is 5.37. The summed E-state index contributed by atoms with van der Waals surface area (Å²) in [5.41, 5.74) is 2.01. The zero-order chi connectivity index (χ0) is 13.5. The maximum absolute atomic E-state index is 5.67. The maximum Gasteiger partial charge on any atom is 0.218 e. The van der Waals surface area contributed by atoms with Crippen molar-refractivity contribution in [3.8, 4) is 5.88 Å². The van der Waals surface area contributed by atoms with Gasteiger partial charge in [-0.1, -0.05) is 6.07 Å². The van der Waals surface area contributed by atoms with E-state index in [0.29, 0.717) is 19.0 Å². The molecule has 2 rings (SSSR count). The molecule has 0 aliphatic heterocycles. The Morgan fingerprint density at radius 3 is 2.79 bits per heavy atom. The van der Waals surface area contributed by atoms with Crippen LogP contribution in [0.3, 0.4) is 0 Å². The molecule has 0 bridgehead atoms. The summed E-state index contributed by atoms with van der Waals surface area (Å²) in [6, 6.07) is 5.81. The molecule has 2 heterocycles. The fourth-order valence-corrected chi connectivity index (χ4v) is 1.64. The van der Waals surface area contributed by atoms with Crippen molar-refractivity contribution in [2.45, 2.75) is 33.0 Å². The van der Waals surface area contributed by atoms with Gasteiger partial charge in [-0.05, 0) is 26.0 Å². The van der Waals surface area contributed by atoms with E-state index in [-0.39, 0.29) is 6.10 Å². The fourth-order valence-electron chi connectivity index (χ4n) is 1.64. The minimum absolute atomic E-state index is 0.121. The second kappa shape index (κ2) is 6.80. The summed E-state index contributed by atoms with van der Waals surface area (Å²) in [6.07, 6.45) is 5.15. The van der Waals surface area contributed by atoms with Crippen LogP contribution in [0.5, 0.6) is 5.88 Å². The van der Waals surface area contributed by atoms with Crippen molar-refractivity contribution < 1.29 is 4.74 Å². The molecule has 0 aromatic carbocycles. The van der Waals surface area contributed by atoms with Crippen molar-refractivity contribution in [1.82, 2.24) is 20.3 Å². The van der Waals surface area contributed by atoms with E-state index in [1.54, 1.807) is 18.7 Å². The summed E-state index contributed by atoms with van der Waals surface area (Å²) >= 11 is 0. The van der Waals surface area contributed by atoms with Crippen molar-refractivity contribution in [2.75, 3.05) is 0 Å². The molecule has 0 radical (unpaired) electrons. The van der Waals surface area contributed by atoms with Gasteiger partial charge in [0.1, 0.15) is 6.33 Å². The predicted octanol–water partition coefficient (Wildman–Crippen LogP) is 1.95. The molecule has 2 aromatic rings. The van der Waals surface area contributed by atoms with Gasteiger partial charge in [-0.3, -0.25) is 0 Å². The van der Waals surface area contributed by atoms with Gasteiger partial charge >= 0.3 is 0 Å². The molecule has 0 saturated heterocycles. The van der Waals surface area contributed by atoms with Gasteiger partial charge in [0.15, 0.2) is 0 Å². The Balaban J connectivity index is 1.92. The summed E-state index contributed by atoms with van der Waals surface area (Å²) in [4.78, 5) is 12.3. The van der Waals surface area contributed by atoms with Crippen LogP contribution in [0.4, 0.5) is 0 Å². The topological polar surface area (TPSA) is 59.9 Å². The SMILES string of the molecule is CC(C)Oc1ncccc1CNCc1ccncn1. The van der Waals surface area contributed by atoms with Gasteiger partial charge in [0, 0.05) is 31.0 Å².